The molecule has 0 radical (unpaired) electrons. The Morgan fingerprint density at radius 3 is 2.40 bits per heavy atom. The van der Waals surface area contributed by atoms with E-state index in [1.165, 1.54) is 11.3 Å². The lowest BCUT2D eigenvalue weighted by Crippen LogP contribution is -2.41. The first-order valence-corrected chi connectivity index (χ1v) is 10.3. The first-order valence-electron chi connectivity index (χ1n) is 9.92. The van der Waals surface area contributed by atoms with Gasteiger partial charge in [-0.15, -0.1) is 24.0 Å². The molecule has 164 valence electrons. The van der Waals surface area contributed by atoms with E-state index in [-0.39, 0.29) is 30.1 Å². The average molecular weight is 545 g/mol. The van der Waals surface area contributed by atoms with E-state index < -0.39 is 0 Å². The monoisotopic (exact) mass is 544 g/mol. The summed E-state index contributed by atoms with van der Waals surface area (Å²) in [4.78, 5) is 6.63. The van der Waals surface area contributed by atoms with Crippen molar-refractivity contribution in [2.75, 3.05) is 44.8 Å². The number of nitrogens with zero attached hydrogens (tertiary/aromatic N) is 2. The number of anilines is 1. The normalized spacial score (nSPS) is 15.2. The molecule has 2 aromatic carbocycles. The van der Waals surface area contributed by atoms with Gasteiger partial charge in [0.1, 0.15) is 11.9 Å². The highest BCUT2D eigenvalue weighted by atomic mass is 127. The maximum absolute atomic E-state index is 5.90. The molecule has 0 saturated carbocycles. The summed E-state index contributed by atoms with van der Waals surface area (Å²) < 4.78 is 11.3. The molecule has 0 amide bonds. The Kier molecular flexibility index (Phi) is 10.5. The van der Waals surface area contributed by atoms with Crippen molar-refractivity contribution in [2.24, 2.45) is 4.99 Å². The van der Waals surface area contributed by atoms with Crippen LogP contribution in [0, 0.1) is 0 Å². The zero-order valence-corrected chi connectivity index (χ0v) is 20.5. The van der Waals surface area contributed by atoms with Crippen LogP contribution < -0.4 is 20.3 Å². The van der Waals surface area contributed by atoms with E-state index in [9.17, 15) is 0 Å². The molecule has 1 unspecified atom stereocenters. The first-order chi connectivity index (χ1) is 14.1. The number of hydrogen-bond donors (Lipinski definition) is 2. The van der Waals surface area contributed by atoms with Crippen LogP contribution in [0.15, 0.2) is 53.5 Å². The summed E-state index contributed by atoms with van der Waals surface area (Å²) >= 11 is 5.90. The van der Waals surface area contributed by atoms with Gasteiger partial charge in [-0.3, -0.25) is 4.99 Å². The van der Waals surface area contributed by atoms with Gasteiger partial charge in [-0.2, -0.15) is 0 Å². The smallest absolute Gasteiger partial charge is 0.191 e. The zero-order valence-electron chi connectivity index (χ0n) is 17.4. The molecule has 0 aliphatic carbocycles. The number of hydrogen-bond acceptors (Lipinski definition) is 4. The second-order valence-corrected chi connectivity index (χ2v) is 7.39. The van der Waals surface area contributed by atoms with Crippen molar-refractivity contribution in [1.82, 2.24) is 10.6 Å². The summed E-state index contributed by atoms with van der Waals surface area (Å²) in [6, 6.07) is 16.0. The van der Waals surface area contributed by atoms with Crippen LogP contribution in [-0.4, -0.2) is 52.0 Å². The molecule has 2 aromatic rings. The van der Waals surface area contributed by atoms with E-state index in [1.807, 2.05) is 31.2 Å². The third-order valence-corrected chi connectivity index (χ3v) is 4.96. The highest BCUT2D eigenvalue weighted by molar-refractivity contribution is 14.0. The summed E-state index contributed by atoms with van der Waals surface area (Å²) in [7, 11) is 1.77. The van der Waals surface area contributed by atoms with Gasteiger partial charge in [0.25, 0.3) is 0 Å². The molecule has 0 bridgehead atoms. The summed E-state index contributed by atoms with van der Waals surface area (Å²) in [5.74, 6) is 1.54. The minimum atomic E-state index is -0.0115. The number of nitrogens with one attached hydrogen (secondary N) is 2. The third kappa shape index (κ3) is 7.85. The molecule has 8 heteroatoms. The van der Waals surface area contributed by atoms with Crippen molar-refractivity contribution in [1.29, 1.82) is 0 Å². The predicted octanol–water partition coefficient (Wildman–Crippen LogP) is 3.93. The number of rotatable bonds is 7. The van der Waals surface area contributed by atoms with Crippen LogP contribution in [0.25, 0.3) is 0 Å². The number of morpholine rings is 1. The molecule has 1 heterocycles. The van der Waals surface area contributed by atoms with Crippen LogP contribution >= 0.6 is 35.6 Å². The third-order valence-electron chi connectivity index (χ3n) is 4.70. The highest BCUT2D eigenvalue weighted by Gasteiger charge is 2.11. The molecule has 1 aliphatic rings. The predicted molar refractivity (Wildman–Crippen MR) is 135 cm³/mol. The summed E-state index contributed by atoms with van der Waals surface area (Å²) in [5.41, 5.74) is 2.45. The molecule has 1 fully saturated rings. The van der Waals surface area contributed by atoms with Gasteiger partial charge in [-0.1, -0.05) is 23.7 Å². The number of benzene rings is 2. The summed E-state index contributed by atoms with van der Waals surface area (Å²) in [6.07, 6.45) is -0.0115. The number of guanidine groups is 1. The van der Waals surface area contributed by atoms with Crippen LogP contribution in [0.2, 0.25) is 5.02 Å². The molecule has 1 aliphatic heterocycles. The fourth-order valence-corrected chi connectivity index (χ4v) is 3.21. The Bertz CT molecular complexity index is 781. The quantitative estimate of drug-likeness (QED) is 0.314. The molecule has 0 spiro atoms. The van der Waals surface area contributed by atoms with Crippen molar-refractivity contribution in [3.63, 3.8) is 0 Å². The lowest BCUT2D eigenvalue weighted by molar-refractivity contribution is 0.122. The lowest BCUT2D eigenvalue weighted by Gasteiger charge is -2.29. The standard InChI is InChI=1S/C22H29ClN4O2.HI/c1-17(29-21-9-5-19(23)6-10-21)15-25-22(24-2)26-16-18-3-7-20(8-4-18)27-11-13-28-14-12-27;/h3-10,17H,11-16H2,1-2H3,(H2,24,25,26);1H. The molecule has 1 saturated heterocycles. The van der Waals surface area contributed by atoms with Gasteiger partial charge in [0, 0.05) is 37.4 Å². The molecule has 0 aromatic heterocycles. The Hall–Kier alpha value is -1.71. The van der Waals surface area contributed by atoms with Gasteiger partial charge in [0.05, 0.1) is 19.8 Å². The van der Waals surface area contributed by atoms with Crippen molar-refractivity contribution in [3.05, 3.63) is 59.1 Å². The van der Waals surface area contributed by atoms with Crippen molar-refractivity contribution < 1.29 is 9.47 Å². The van der Waals surface area contributed by atoms with E-state index in [0.29, 0.717) is 18.1 Å². The van der Waals surface area contributed by atoms with Gasteiger partial charge in [0.15, 0.2) is 5.96 Å². The van der Waals surface area contributed by atoms with Crippen LogP contribution in [0.4, 0.5) is 5.69 Å². The van der Waals surface area contributed by atoms with Crippen LogP contribution in [0.5, 0.6) is 5.75 Å². The summed E-state index contributed by atoms with van der Waals surface area (Å²) in [5, 5.41) is 7.34. The zero-order chi connectivity index (χ0) is 20.5. The van der Waals surface area contributed by atoms with E-state index in [1.54, 1.807) is 7.05 Å². The highest BCUT2D eigenvalue weighted by Crippen LogP contribution is 2.17. The molecular weight excluding hydrogens is 515 g/mol. The van der Waals surface area contributed by atoms with Gasteiger partial charge >= 0.3 is 0 Å². The van der Waals surface area contributed by atoms with Crippen molar-refractivity contribution >= 4 is 47.2 Å². The molecular formula is C22H30ClIN4O2. The fraction of sp³-hybridized carbons (Fsp3) is 0.409. The minimum absolute atomic E-state index is 0. The second-order valence-electron chi connectivity index (χ2n) is 6.95. The van der Waals surface area contributed by atoms with E-state index in [2.05, 4.69) is 44.8 Å². The minimum Gasteiger partial charge on any atom is -0.489 e. The van der Waals surface area contributed by atoms with Crippen LogP contribution in [-0.2, 0) is 11.3 Å². The second kappa shape index (κ2) is 12.9. The first kappa shape index (κ1) is 24.6. The Morgan fingerprint density at radius 1 is 1.10 bits per heavy atom. The van der Waals surface area contributed by atoms with Crippen molar-refractivity contribution in [3.8, 4) is 5.75 Å². The Balaban J connectivity index is 0.00000320. The number of ether oxygens (including phenoxy) is 2. The van der Waals surface area contributed by atoms with Crippen LogP contribution in [0.3, 0.4) is 0 Å². The average Bonchev–Trinajstić information content (AvgIpc) is 2.76. The van der Waals surface area contributed by atoms with E-state index >= 15 is 0 Å². The number of halogens is 2. The number of aliphatic imine (C=N–C) groups is 1. The maximum Gasteiger partial charge on any atom is 0.191 e. The fourth-order valence-electron chi connectivity index (χ4n) is 3.08. The molecule has 30 heavy (non-hydrogen) atoms. The largest absolute Gasteiger partial charge is 0.489 e. The Morgan fingerprint density at radius 2 is 1.77 bits per heavy atom. The van der Waals surface area contributed by atoms with Crippen molar-refractivity contribution in [2.45, 2.75) is 19.6 Å². The Labute approximate surface area is 201 Å². The molecule has 2 N–H and O–H groups in total. The van der Waals surface area contributed by atoms with E-state index in [4.69, 9.17) is 21.1 Å². The maximum atomic E-state index is 5.90. The molecule has 1 atom stereocenters. The van der Waals surface area contributed by atoms with Gasteiger partial charge in [-0.05, 0) is 48.9 Å². The van der Waals surface area contributed by atoms with Gasteiger partial charge in [-0.25, -0.2) is 0 Å². The molecule has 3 rings (SSSR count). The topological polar surface area (TPSA) is 58.1 Å². The SMILES string of the molecule is CN=C(NCc1ccc(N2CCOCC2)cc1)NCC(C)Oc1ccc(Cl)cc1.I. The van der Waals surface area contributed by atoms with Gasteiger partial charge < -0.3 is 25.0 Å². The van der Waals surface area contributed by atoms with Gasteiger partial charge in [0.2, 0.25) is 0 Å². The molecule has 6 nitrogen and oxygen atoms in total. The van der Waals surface area contributed by atoms with E-state index in [0.717, 1.165) is 38.0 Å². The lowest BCUT2D eigenvalue weighted by atomic mass is 10.2. The summed E-state index contributed by atoms with van der Waals surface area (Å²) in [6.45, 7) is 6.85. The van der Waals surface area contributed by atoms with Crippen LogP contribution in [0.1, 0.15) is 12.5 Å².